The molecular weight excluding hydrogens is 560 g/mol. The minimum absolute atomic E-state index is 0.00843. The molecule has 0 fully saturated rings. The molecule has 3 aromatic rings. The third kappa shape index (κ3) is 6.19. The van der Waals surface area contributed by atoms with Crippen LogP contribution in [0.5, 0.6) is 0 Å². The summed E-state index contributed by atoms with van der Waals surface area (Å²) >= 11 is 0. The number of pyridine rings is 1. The number of nitrogens with zero attached hydrogens (tertiary/aromatic N) is 5. The highest BCUT2D eigenvalue weighted by Gasteiger charge is 2.61. The summed E-state index contributed by atoms with van der Waals surface area (Å²) in [5.41, 5.74) is -6.04. The van der Waals surface area contributed by atoms with E-state index in [0.29, 0.717) is 5.56 Å². The maximum absolute atomic E-state index is 14.8. The highest BCUT2D eigenvalue weighted by Crippen LogP contribution is 2.47. The molecule has 0 aliphatic carbocycles. The standard InChI is InChI=1S/C26H25F6N5O4/c1-16(2)36-13-9-4-3-8-12-24(26(30,31)32,40-15-17-10-6-5-7-11-17)23-35-34-22(41-23)20-19(37(38)39)14-18(21(36)33-20)25(27,28)29/h3-7,10-11,14,16H,8-9,12-13,15H2,1-2H3. The molecule has 4 rings (SSSR count). The average Bonchev–Trinajstić information content (AvgIpc) is 3.38. The highest BCUT2D eigenvalue weighted by atomic mass is 19.4. The number of aromatic nitrogens is 3. The molecule has 1 aromatic carbocycles. The Kier molecular flexibility index (Phi) is 8.38. The normalized spacial score (nSPS) is 18.4. The van der Waals surface area contributed by atoms with E-state index in [2.05, 4.69) is 15.2 Å². The van der Waals surface area contributed by atoms with Crippen LogP contribution in [0.1, 0.15) is 50.1 Å². The van der Waals surface area contributed by atoms with Gasteiger partial charge < -0.3 is 14.1 Å². The van der Waals surface area contributed by atoms with Crippen molar-refractivity contribution >= 4 is 11.5 Å². The zero-order chi connectivity index (χ0) is 30.0. The number of halogens is 6. The number of rotatable bonds is 5. The van der Waals surface area contributed by atoms with E-state index >= 15 is 0 Å². The molecule has 1 atom stereocenters. The van der Waals surface area contributed by atoms with Crippen LogP contribution in [0.2, 0.25) is 0 Å². The number of alkyl halides is 6. The van der Waals surface area contributed by atoms with Crippen LogP contribution in [0.15, 0.2) is 53.0 Å². The van der Waals surface area contributed by atoms with E-state index in [1.165, 1.54) is 17.1 Å². The van der Waals surface area contributed by atoms with Gasteiger partial charge in [0.05, 0.1) is 11.5 Å². The van der Waals surface area contributed by atoms with Crippen molar-refractivity contribution in [3.8, 4) is 11.6 Å². The fourth-order valence-corrected chi connectivity index (χ4v) is 4.41. The molecular formula is C26H25F6N5O4. The van der Waals surface area contributed by atoms with Crippen LogP contribution in [-0.4, -0.2) is 38.9 Å². The lowest BCUT2D eigenvalue weighted by atomic mass is 9.95. The summed E-state index contributed by atoms with van der Waals surface area (Å²) in [4.78, 5) is 15.9. The van der Waals surface area contributed by atoms with Crippen LogP contribution in [0.4, 0.5) is 37.8 Å². The Hall–Kier alpha value is -4.01. The van der Waals surface area contributed by atoms with E-state index in [1.807, 2.05) is 0 Å². The Morgan fingerprint density at radius 2 is 1.78 bits per heavy atom. The van der Waals surface area contributed by atoms with Crippen LogP contribution >= 0.6 is 0 Å². The van der Waals surface area contributed by atoms with Gasteiger partial charge in [0.1, 0.15) is 11.4 Å². The zero-order valence-corrected chi connectivity index (χ0v) is 21.9. The summed E-state index contributed by atoms with van der Waals surface area (Å²) in [7, 11) is 0. The second-order valence-corrected chi connectivity index (χ2v) is 9.58. The first-order valence-corrected chi connectivity index (χ1v) is 12.5. The van der Waals surface area contributed by atoms with Gasteiger partial charge in [0.15, 0.2) is 0 Å². The molecule has 41 heavy (non-hydrogen) atoms. The molecule has 1 aliphatic rings. The number of ether oxygens (including phenoxy) is 1. The van der Waals surface area contributed by atoms with Crippen molar-refractivity contribution in [1.29, 1.82) is 0 Å². The monoisotopic (exact) mass is 585 g/mol. The first kappa shape index (κ1) is 30.0. The lowest BCUT2D eigenvalue weighted by Gasteiger charge is -2.32. The molecule has 0 spiro atoms. The smallest absolute Gasteiger partial charge is 0.415 e. The number of anilines is 1. The van der Waals surface area contributed by atoms with Gasteiger partial charge in [-0.3, -0.25) is 10.1 Å². The van der Waals surface area contributed by atoms with E-state index in [9.17, 15) is 36.5 Å². The van der Waals surface area contributed by atoms with Gasteiger partial charge in [0.25, 0.3) is 11.8 Å². The van der Waals surface area contributed by atoms with E-state index < -0.39 is 76.5 Å². The van der Waals surface area contributed by atoms with Crippen molar-refractivity contribution in [2.45, 2.75) is 63.7 Å². The Morgan fingerprint density at radius 1 is 1.10 bits per heavy atom. The maximum atomic E-state index is 14.8. The van der Waals surface area contributed by atoms with Gasteiger partial charge in [-0.15, -0.1) is 10.2 Å². The van der Waals surface area contributed by atoms with E-state index in [0.717, 1.165) is 0 Å². The fraction of sp³-hybridized carbons (Fsp3) is 0.423. The highest BCUT2D eigenvalue weighted by molar-refractivity contribution is 5.68. The van der Waals surface area contributed by atoms with Gasteiger partial charge in [0, 0.05) is 18.7 Å². The molecule has 1 aliphatic heterocycles. The number of nitro groups is 1. The molecule has 9 nitrogen and oxygen atoms in total. The molecule has 3 heterocycles. The molecule has 0 saturated heterocycles. The molecule has 0 amide bonds. The summed E-state index contributed by atoms with van der Waals surface area (Å²) in [6.45, 7) is 2.73. The second-order valence-electron chi connectivity index (χ2n) is 9.58. The Morgan fingerprint density at radius 3 is 2.39 bits per heavy atom. The van der Waals surface area contributed by atoms with Crippen LogP contribution in [0.3, 0.4) is 0 Å². The van der Waals surface area contributed by atoms with Crippen LogP contribution in [0.25, 0.3) is 11.6 Å². The van der Waals surface area contributed by atoms with Crippen LogP contribution in [0, 0.1) is 10.1 Å². The third-order valence-corrected chi connectivity index (χ3v) is 6.51. The van der Waals surface area contributed by atoms with Crippen molar-refractivity contribution < 1.29 is 40.4 Å². The van der Waals surface area contributed by atoms with Gasteiger partial charge >= 0.3 is 18.0 Å². The number of hydrogen-bond acceptors (Lipinski definition) is 8. The van der Waals surface area contributed by atoms with E-state index in [-0.39, 0.29) is 25.5 Å². The lowest BCUT2D eigenvalue weighted by molar-refractivity contribution is -0.384. The average molecular weight is 586 g/mol. The molecule has 15 heteroatoms. The Balaban J connectivity index is 1.95. The van der Waals surface area contributed by atoms with Gasteiger partial charge in [-0.1, -0.05) is 42.5 Å². The largest absolute Gasteiger partial charge is 0.426 e. The van der Waals surface area contributed by atoms with Gasteiger partial charge in [-0.05, 0) is 38.7 Å². The first-order valence-electron chi connectivity index (χ1n) is 12.5. The van der Waals surface area contributed by atoms with Crippen molar-refractivity contribution in [1.82, 2.24) is 15.2 Å². The number of allylic oxidation sites excluding steroid dienone is 1. The number of hydrogen-bond donors (Lipinski definition) is 0. The van der Waals surface area contributed by atoms with Gasteiger partial charge in [0.2, 0.25) is 11.3 Å². The quantitative estimate of drug-likeness (QED) is 0.137. The summed E-state index contributed by atoms with van der Waals surface area (Å²) in [6.07, 6.45) is -7.79. The van der Waals surface area contributed by atoms with E-state index in [1.54, 1.807) is 44.2 Å². The molecule has 220 valence electrons. The molecule has 0 N–H and O–H groups in total. The van der Waals surface area contributed by atoms with E-state index in [4.69, 9.17) is 9.15 Å². The summed E-state index contributed by atoms with van der Waals surface area (Å²) in [5, 5.41) is 18.9. The lowest BCUT2D eigenvalue weighted by Crippen LogP contribution is -2.45. The Labute approximate surface area is 230 Å². The molecule has 4 bridgehead atoms. The number of fused-ring (bicyclic) bond motifs is 5. The predicted octanol–water partition coefficient (Wildman–Crippen LogP) is 6.99. The van der Waals surface area contributed by atoms with Crippen molar-refractivity contribution in [3.63, 3.8) is 0 Å². The molecule has 1 unspecified atom stereocenters. The molecule has 0 saturated carbocycles. The summed E-state index contributed by atoms with van der Waals surface area (Å²) in [6, 6.07) is 7.79. The number of benzene rings is 1. The molecule has 2 aromatic heterocycles. The minimum Gasteiger partial charge on any atom is -0.415 e. The SMILES string of the molecule is CC(C)N1CCC=CCCC(OCc2ccccc2)(C(F)(F)F)c2nnc(o2)-c2nc1c(C(F)(F)F)cc2[N+](=O)[O-]. The predicted molar refractivity (Wildman–Crippen MR) is 134 cm³/mol. The van der Waals surface area contributed by atoms with Crippen LogP contribution in [-0.2, 0) is 23.1 Å². The van der Waals surface area contributed by atoms with Gasteiger partial charge in [-0.25, -0.2) is 4.98 Å². The second kappa shape index (κ2) is 11.5. The van der Waals surface area contributed by atoms with Gasteiger partial charge in [-0.2, -0.15) is 26.3 Å². The summed E-state index contributed by atoms with van der Waals surface area (Å²) < 4.78 is 97.3. The van der Waals surface area contributed by atoms with Crippen molar-refractivity contribution in [3.05, 3.63) is 75.7 Å². The maximum Gasteiger partial charge on any atom is 0.426 e. The third-order valence-electron chi connectivity index (χ3n) is 6.51. The summed E-state index contributed by atoms with van der Waals surface area (Å²) in [5.74, 6) is -2.56. The van der Waals surface area contributed by atoms with Crippen molar-refractivity contribution in [2.24, 2.45) is 0 Å². The minimum atomic E-state index is -5.09. The zero-order valence-electron chi connectivity index (χ0n) is 21.9. The van der Waals surface area contributed by atoms with Crippen molar-refractivity contribution in [2.75, 3.05) is 11.4 Å². The fourth-order valence-electron chi connectivity index (χ4n) is 4.41. The van der Waals surface area contributed by atoms with Crippen LogP contribution < -0.4 is 4.90 Å². The Bertz CT molecular complexity index is 1410. The first-order chi connectivity index (χ1) is 19.2. The topological polar surface area (TPSA) is 107 Å². The molecule has 0 radical (unpaired) electrons.